The van der Waals surface area contributed by atoms with Crippen LogP contribution in [0.1, 0.15) is 6.42 Å². The highest BCUT2D eigenvalue weighted by Gasteiger charge is 2.36. The SMILES string of the molecule is NC(=O)C1NCCN(C(N)=O)C1CCN1CCOCC1. The van der Waals surface area contributed by atoms with Crippen LogP contribution in [0, 0.1) is 0 Å². The molecule has 2 unspecified atom stereocenters. The third-order valence-electron chi connectivity index (χ3n) is 3.94. The summed E-state index contributed by atoms with van der Waals surface area (Å²) in [6.45, 7) is 5.03. The van der Waals surface area contributed by atoms with Gasteiger partial charge >= 0.3 is 6.03 Å². The molecule has 3 amide bonds. The Kier molecular flexibility index (Phi) is 5.16. The number of urea groups is 1. The number of morpholine rings is 1. The number of carbonyl (C=O) groups is 2. The molecule has 20 heavy (non-hydrogen) atoms. The largest absolute Gasteiger partial charge is 0.379 e. The topological polar surface area (TPSA) is 114 Å². The van der Waals surface area contributed by atoms with Crippen LogP contribution in [0.3, 0.4) is 0 Å². The molecule has 0 saturated carbocycles. The lowest BCUT2D eigenvalue weighted by Gasteiger charge is -2.40. The van der Waals surface area contributed by atoms with E-state index in [2.05, 4.69) is 10.2 Å². The van der Waals surface area contributed by atoms with E-state index in [1.807, 2.05) is 0 Å². The summed E-state index contributed by atoms with van der Waals surface area (Å²) in [4.78, 5) is 26.9. The summed E-state index contributed by atoms with van der Waals surface area (Å²) in [6, 6.07) is -1.30. The number of hydrogen-bond donors (Lipinski definition) is 3. The first-order chi connectivity index (χ1) is 9.59. The van der Waals surface area contributed by atoms with Crippen LogP contribution in [0.4, 0.5) is 4.79 Å². The average molecular weight is 285 g/mol. The number of nitrogens with two attached hydrogens (primary N) is 2. The molecule has 2 aliphatic rings. The van der Waals surface area contributed by atoms with Gasteiger partial charge in [0.15, 0.2) is 0 Å². The van der Waals surface area contributed by atoms with Gasteiger partial charge in [-0.05, 0) is 6.42 Å². The van der Waals surface area contributed by atoms with Crippen LogP contribution in [-0.2, 0) is 9.53 Å². The van der Waals surface area contributed by atoms with E-state index in [1.54, 1.807) is 4.90 Å². The monoisotopic (exact) mass is 285 g/mol. The maximum Gasteiger partial charge on any atom is 0.315 e. The fraction of sp³-hybridized carbons (Fsp3) is 0.833. The van der Waals surface area contributed by atoms with Gasteiger partial charge in [0.1, 0.15) is 6.04 Å². The van der Waals surface area contributed by atoms with Crippen LogP contribution in [0.25, 0.3) is 0 Å². The number of primary amides is 2. The quantitative estimate of drug-likeness (QED) is 0.548. The molecule has 0 radical (unpaired) electrons. The molecule has 0 aromatic rings. The number of hydrogen-bond acceptors (Lipinski definition) is 5. The zero-order valence-electron chi connectivity index (χ0n) is 11.6. The highest BCUT2D eigenvalue weighted by atomic mass is 16.5. The highest BCUT2D eigenvalue weighted by Crippen LogP contribution is 2.14. The van der Waals surface area contributed by atoms with Gasteiger partial charge in [-0.1, -0.05) is 0 Å². The minimum Gasteiger partial charge on any atom is -0.379 e. The minimum absolute atomic E-state index is 0.276. The lowest BCUT2D eigenvalue weighted by molar-refractivity contribution is -0.122. The Bertz CT molecular complexity index is 337. The van der Waals surface area contributed by atoms with Gasteiger partial charge in [-0.15, -0.1) is 0 Å². The summed E-state index contributed by atoms with van der Waals surface area (Å²) in [6.07, 6.45) is 0.670. The van der Waals surface area contributed by atoms with Crippen molar-refractivity contribution in [2.24, 2.45) is 11.5 Å². The van der Waals surface area contributed by atoms with E-state index in [0.29, 0.717) is 19.5 Å². The van der Waals surface area contributed by atoms with Gasteiger partial charge in [-0.2, -0.15) is 0 Å². The molecule has 2 aliphatic heterocycles. The number of rotatable bonds is 4. The fourth-order valence-corrected chi connectivity index (χ4v) is 2.85. The first-order valence-corrected chi connectivity index (χ1v) is 6.98. The van der Waals surface area contributed by atoms with Gasteiger partial charge in [0.2, 0.25) is 5.91 Å². The Morgan fingerprint density at radius 1 is 1.20 bits per heavy atom. The Balaban J connectivity index is 1.97. The van der Waals surface area contributed by atoms with Crippen molar-refractivity contribution < 1.29 is 14.3 Å². The second-order valence-corrected chi connectivity index (χ2v) is 5.18. The normalized spacial score (nSPS) is 28.3. The van der Waals surface area contributed by atoms with Crippen molar-refractivity contribution in [1.82, 2.24) is 15.1 Å². The molecule has 114 valence electrons. The fourth-order valence-electron chi connectivity index (χ4n) is 2.85. The molecule has 0 aliphatic carbocycles. The summed E-state index contributed by atoms with van der Waals surface area (Å²) >= 11 is 0. The van der Waals surface area contributed by atoms with E-state index < -0.39 is 18.0 Å². The van der Waals surface area contributed by atoms with Gasteiger partial charge in [-0.3, -0.25) is 9.69 Å². The van der Waals surface area contributed by atoms with E-state index in [4.69, 9.17) is 16.2 Å². The molecule has 2 heterocycles. The predicted molar refractivity (Wildman–Crippen MR) is 72.9 cm³/mol. The molecule has 0 aromatic carbocycles. The highest BCUT2D eigenvalue weighted by molar-refractivity contribution is 5.82. The average Bonchev–Trinajstić information content (AvgIpc) is 2.45. The number of carbonyl (C=O) groups excluding carboxylic acids is 2. The van der Waals surface area contributed by atoms with Crippen molar-refractivity contribution in [2.75, 3.05) is 45.9 Å². The number of piperazine rings is 1. The van der Waals surface area contributed by atoms with Crippen molar-refractivity contribution in [3.63, 3.8) is 0 Å². The lowest BCUT2D eigenvalue weighted by Crippen LogP contribution is -2.65. The number of amides is 3. The van der Waals surface area contributed by atoms with Crippen LogP contribution < -0.4 is 16.8 Å². The van der Waals surface area contributed by atoms with Gasteiger partial charge in [-0.25, -0.2) is 4.79 Å². The summed E-state index contributed by atoms with van der Waals surface area (Å²) in [5.74, 6) is -0.442. The molecule has 0 aromatic heterocycles. The zero-order valence-corrected chi connectivity index (χ0v) is 11.6. The first-order valence-electron chi connectivity index (χ1n) is 6.98. The van der Waals surface area contributed by atoms with Crippen molar-refractivity contribution in [2.45, 2.75) is 18.5 Å². The van der Waals surface area contributed by atoms with Crippen molar-refractivity contribution in [3.05, 3.63) is 0 Å². The van der Waals surface area contributed by atoms with Crippen LogP contribution in [0.2, 0.25) is 0 Å². The Hall–Kier alpha value is -1.38. The maximum atomic E-state index is 11.5. The second-order valence-electron chi connectivity index (χ2n) is 5.18. The van der Waals surface area contributed by atoms with Crippen molar-refractivity contribution >= 4 is 11.9 Å². The molecular formula is C12H23N5O3. The smallest absolute Gasteiger partial charge is 0.315 e. The standard InChI is InChI=1S/C12H23N5O3/c13-11(18)10-9(17(12(14)19)4-2-15-10)1-3-16-5-7-20-8-6-16/h9-10,15H,1-8H2,(H2,13,18)(H2,14,19). The number of ether oxygens (including phenoxy) is 1. The molecule has 2 saturated heterocycles. The third-order valence-corrected chi connectivity index (χ3v) is 3.94. The molecule has 0 spiro atoms. The van der Waals surface area contributed by atoms with Crippen molar-refractivity contribution in [1.29, 1.82) is 0 Å². The van der Waals surface area contributed by atoms with E-state index in [0.717, 1.165) is 32.8 Å². The van der Waals surface area contributed by atoms with Gasteiger partial charge in [0, 0.05) is 32.7 Å². The van der Waals surface area contributed by atoms with Crippen LogP contribution in [0.5, 0.6) is 0 Å². The molecule has 8 heteroatoms. The van der Waals surface area contributed by atoms with E-state index >= 15 is 0 Å². The van der Waals surface area contributed by atoms with Crippen molar-refractivity contribution in [3.8, 4) is 0 Å². The van der Waals surface area contributed by atoms with Gasteiger partial charge in [0.05, 0.1) is 19.3 Å². The van der Waals surface area contributed by atoms with E-state index in [9.17, 15) is 9.59 Å². The minimum atomic E-state index is -0.530. The molecule has 0 bridgehead atoms. The molecule has 8 nitrogen and oxygen atoms in total. The van der Waals surface area contributed by atoms with Gasteiger partial charge < -0.3 is 26.4 Å². The first kappa shape index (κ1) is 15.0. The van der Waals surface area contributed by atoms with Crippen LogP contribution >= 0.6 is 0 Å². The molecular weight excluding hydrogens is 262 g/mol. The molecule has 5 N–H and O–H groups in total. The summed E-state index contributed by atoms with van der Waals surface area (Å²) in [5.41, 5.74) is 10.8. The van der Waals surface area contributed by atoms with Crippen LogP contribution in [0.15, 0.2) is 0 Å². The van der Waals surface area contributed by atoms with Gasteiger partial charge in [0.25, 0.3) is 0 Å². The molecule has 2 atom stereocenters. The van der Waals surface area contributed by atoms with E-state index in [-0.39, 0.29) is 6.04 Å². The zero-order chi connectivity index (χ0) is 14.5. The third kappa shape index (κ3) is 3.59. The maximum absolute atomic E-state index is 11.5. The molecule has 2 fully saturated rings. The Morgan fingerprint density at radius 2 is 1.90 bits per heavy atom. The molecule has 2 rings (SSSR count). The van der Waals surface area contributed by atoms with Crippen LogP contribution in [-0.4, -0.2) is 79.8 Å². The second kappa shape index (κ2) is 6.87. The summed E-state index contributed by atoms with van der Waals surface area (Å²) < 4.78 is 5.30. The Morgan fingerprint density at radius 3 is 2.50 bits per heavy atom. The summed E-state index contributed by atoms with van der Waals surface area (Å²) in [7, 11) is 0. The van der Waals surface area contributed by atoms with E-state index in [1.165, 1.54) is 0 Å². The number of nitrogens with zero attached hydrogens (tertiary/aromatic N) is 2. The Labute approximate surface area is 118 Å². The number of nitrogens with one attached hydrogen (secondary N) is 1. The predicted octanol–water partition coefficient (Wildman–Crippen LogP) is -2.08. The lowest BCUT2D eigenvalue weighted by atomic mass is 9.99. The summed E-state index contributed by atoms with van der Waals surface area (Å²) in [5, 5.41) is 3.07.